The zero-order chi connectivity index (χ0) is 13.9. The number of carbonyl (C=O) groups excluding carboxylic acids is 1. The SMILES string of the molecule is CC(CO)N(C)C(=O)c1ccc(Br)c([N+](=O)[O-])c1. The molecular formula is C11H13BrN2O4. The Balaban J connectivity index is 3.07. The number of hydrogen-bond acceptors (Lipinski definition) is 4. The van der Waals surface area contributed by atoms with Gasteiger partial charge in [0.2, 0.25) is 0 Å². The van der Waals surface area contributed by atoms with E-state index in [0.717, 1.165) is 0 Å². The monoisotopic (exact) mass is 316 g/mol. The summed E-state index contributed by atoms with van der Waals surface area (Å²) in [5.74, 6) is -0.368. The molecule has 7 heteroatoms. The van der Waals surface area contributed by atoms with Gasteiger partial charge in [0.05, 0.1) is 22.0 Å². The Morgan fingerprint density at radius 2 is 2.22 bits per heavy atom. The predicted octanol–water partition coefficient (Wildman–Crippen LogP) is 1.81. The summed E-state index contributed by atoms with van der Waals surface area (Å²) >= 11 is 3.05. The third-order valence-electron chi connectivity index (χ3n) is 2.64. The van der Waals surface area contributed by atoms with Crippen molar-refractivity contribution in [2.75, 3.05) is 13.7 Å². The highest BCUT2D eigenvalue weighted by Gasteiger charge is 2.20. The van der Waals surface area contributed by atoms with Crippen molar-refractivity contribution in [3.8, 4) is 0 Å². The van der Waals surface area contributed by atoms with Crippen molar-refractivity contribution in [2.45, 2.75) is 13.0 Å². The molecule has 98 valence electrons. The van der Waals surface area contributed by atoms with E-state index >= 15 is 0 Å². The van der Waals surface area contributed by atoms with E-state index in [-0.39, 0.29) is 29.8 Å². The maximum Gasteiger partial charge on any atom is 0.284 e. The molecule has 0 aliphatic heterocycles. The number of amides is 1. The molecule has 0 aliphatic carbocycles. The molecule has 1 aromatic carbocycles. The van der Waals surface area contributed by atoms with Gasteiger partial charge in [-0.1, -0.05) is 0 Å². The molecule has 1 N–H and O–H groups in total. The molecule has 1 atom stereocenters. The molecule has 1 amide bonds. The molecule has 0 fully saturated rings. The lowest BCUT2D eigenvalue weighted by Gasteiger charge is -2.23. The molecule has 0 saturated carbocycles. The molecule has 0 saturated heterocycles. The van der Waals surface area contributed by atoms with Crippen LogP contribution >= 0.6 is 15.9 Å². The number of nitro groups is 1. The van der Waals surface area contributed by atoms with Crippen LogP contribution in [0.2, 0.25) is 0 Å². The van der Waals surface area contributed by atoms with E-state index < -0.39 is 4.92 Å². The maximum atomic E-state index is 12.0. The largest absolute Gasteiger partial charge is 0.394 e. The predicted molar refractivity (Wildman–Crippen MR) is 69.4 cm³/mol. The summed E-state index contributed by atoms with van der Waals surface area (Å²) in [6.07, 6.45) is 0. The van der Waals surface area contributed by atoms with Gasteiger partial charge in [-0.05, 0) is 35.0 Å². The maximum absolute atomic E-state index is 12.0. The number of carbonyl (C=O) groups is 1. The van der Waals surface area contributed by atoms with Crippen molar-refractivity contribution in [1.29, 1.82) is 0 Å². The molecule has 1 unspecified atom stereocenters. The van der Waals surface area contributed by atoms with Crippen molar-refractivity contribution >= 4 is 27.5 Å². The van der Waals surface area contributed by atoms with Gasteiger partial charge < -0.3 is 10.0 Å². The number of nitrogens with zero attached hydrogens (tertiary/aromatic N) is 2. The zero-order valence-electron chi connectivity index (χ0n) is 9.96. The van der Waals surface area contributed by atoms with E-state index in [2.05, 4.69) is 15.9 Å². The van der Waals surface area contributed by atoms with Crippen LogP contribution in [0.3, 0.4) is 0 Å². The van der Waals surface area contributed by atoms with Crippen LogP contribution in [0, 0.1) is 10.1 Å². The number of likely N-dealkylation sites (N-methyl/N-ethyl adjacent to an activating group) is 1. The summed E-state index contributed by atoms with van der Waals surface area (Å²) in [6, 6.07) is 3.83. The fourth-order valence-electron chi connectivity index (χ4n) is 1.31. The van der Waals surface area contributed by atoms with E-state index in [0.29, 0.717) is 4.47 Å². The lowest BCUT2D eigenvalue weighted by atomic mass is 10.1. The van der Waals surface area contributed by atoms with E-state index in [1.54, 1.807) is 6.92 Å². The molecule has 0 bridgehead atoms. The number of aliphatic hydroxyl groups excluding tert-OH is 1. The zero-order valence-corrected chi connectivity index (χ0v) is 11.5. The quantitative estimate of drug-likeness (QED) is 0.678. The lowest BCUT2D eigenvalue weighted by molar-refractivity contribution is -0.385. The van der Waals surface area contributed by atoms with Crippen LogP contribution in [0.1, 0.15) is 17.3 Å². The van der Waals surface area contributed by atoms with Gasteiger partial charge in [-0.25, -0.2) is 0 Å². The number of rotatable bonds is 4. The summed E-state index contributed by atoms with van der Waals surface area (Å²) in [5.41, 5.74) is 0.0543. The highest BCUT2D eigenvalue weighted by molar-refractivity contribution is 9.10. The van der Waals surface area contributed by atoms with Gasteiger partial charge in [0.1, 0.15) is 0 Å². The number of nitro benzene ring substituents is 1. The minimum atomic E-state index is -0.559. The van der Waals surface area contributed by atoms with Gasteiger partial charge >= 0.3 is 0 Å². The van der Waals surface area contributed by atoms with E-state index in [4.69, 9.17) is 5.11 Å². The molecule has 0 aliphatic rings. The molecule has 0 spiro atoms. The van der Waals surface area contributed by atoms with Crippen LogP contribution in [0.5, 0.6) is 0 Å². The van der Waals surface area contributed by atoms with Gasteiger partial charge in [-0.3, -0.25) is 14.9 Å². The Kier molecular flexibility index (Phi) is 4.80. The van der Waals surface area contributed by atoms with Gasteiger partial charge in [-0.2, -0.15) is 0 Å². The van der Waals surface area contributed by atoms with Crippen molar-refractivity contribution in [2.24, 2.45) is 0 Å². The fraction of sp³-hybridized carbons (Fsp3) is 0.364. The van der Waals surface area contributed by atoms with Gasteiger partial charge in [-0.15, -0.1) is 0 Å². The highest BCUT2D eigenvalue weighted by atomic mass is 79.9. The Labute approximate surface area is 112 Å². The van der Waals surface area contributed by atoms with E-state index in [9.17, 15) is 14.9 Å². The molecule has 0 aromatic heterocycles. The van der Waals surface area contributed by atoms with Crippen molar-refractivity contribution < 1.29 is 14.8 Å². The third kappa shape index (κ3) is 3.05. The Morgan fingerprint density at radius 1 is 1.61 bits per heavy atom. The number of hydrogen-bond donors (Lipinski definition) is 1. The lowest BCUT2D eigenvalue weighted by Crippen LogP contribution is -2.37. The highest BCUT2D eigenvalue weighted by Crippen LogP contribution is 2.26. The summed E-state index contributed by atoms with van der Waals surface area (Å²) in [6.45, 7) is 1.52. The van der Waals surface area contributed by atoms with Gasteiger partial charge in [0, 0.05) is 18.7 Å². The minimum Gasteiger partial charge on any atom is -0.394 e. The first-order valence-corrected chi connectivity index (χ1v) is 5.99. The van der Waals surface area contributed by atoms with Crippen molar-refractivity contribution in [3.63, 3.8) is 0 Å². The van der Waals surface area contributed by atoms with E-state index in [1.165, 1.54) is 30.1 Å². The first-order valence-electron chi connectivity index (χ1n) is 5.20. The number of halogens is 1. The van der Waals surface area contributed by atoms with E-state index in [1.807, 2.05) is 0 Å². The second-order valence-corrected chi connectivity index (χ2v) is 4.73. The molecule has 0 radical (unpaired) electrons. The number of benzene rings is 1. The summed E-state index contributed by atoms with van der Waals surface area (Å²) in [7, 11) is 1.54. The molecule has 0 heterocycles. The fourth-order valence-corrected chi connectivity index (χ4v) is 1.70. The third-order valence-corrected chi connectivity index (χ3v) is 3.31. The Hall–Kier alpha value is -1.47. The normalized spacial score (nSPS) is 12.0. The second kappa shape index (κ2) is 5.92. The van der Waals surface area contributed by atoms with Crippen LogP contribution in [0.4, 0.5) is 5.69 Å². The summed E-state index contributed by atoms with van der Waals surface area (Å²) < 4.78 is 0.321. The summed E-state index contributed by atoms with van der Waals surface area (Å²) in [5, 5.41) is 19.7. The molecular weight excluding hydrogens is 304 g/mol. The topological polar surface area (TPSA) is 83.7 Å². The van der Waals surface area contributed by atoms with Crippen LogP contribution < -0.4 is 0 Å². The van der Waals surface area contributed by atoms with Crippen LogP contribution in [0.25, 0.3) is 0 Å². The van der Waals surface area contributed by atoms with Gasteiger partial charge in [0.25, 0.3) is 11.6 Å². The summed E-state index contributed by atoms with van der Waals surface area (Å²) in [4.78, 5) is 23.6. The molecule has 6 nitrogen and oxygen atoms in total. The van der Waals surface area contributed by atoms with Crippen LogP contribution in [-0.2, 0) is 0 Å². The van der Waals surface area contributed by atoms with Crippen LogP contribution in [-0.4, -0.2) is 40.5 Å². The molecule has 1 rings (SSSR count). The van der Waals surface area contributed by atoms with Gasteiger partial charge in [0.15, 0.2) is 0 Å². The average molecular weight is 317 g/mol. The Bertz CT molecular complexity index is 478. The molecule has 18 heavy (non-hydrogen) atoms. The average Bonchev–Trinajstić information content (AvgIpc) is 2.36. The first-order chi connectivity index (χ1) is 8.38. The van der Waals surface area contributed by atoms with Crippen molar-refractivity contribution in [3.05, 3.63) is 38.3 Å². The molecule has 1 aromatic rings. The number of aliphatic hydroxyl groups is 1. The Morgan fingerprint density at radius 3 is 2.72 bits per heavy atom. The first kappa shape index (κ1) is 14.6. The standard InChI is InChI=1S/C11H13BrN2O4/c1-7(6-15)13(2)11(16)8-3-4-9(12)10(5-8)14(17)18/h3-5,7,15H,6H2,1-2H3. The second-order valence-electron chi connectivity index (χ2n) is 3.87. The van der Waals surface area contributed by atoms with Crippen molar-refractivity contribution in [1.82, 2.24) is 4.90 Å². The minimum absolute atomic E-state index is 0.161. The van der Waals surface area contributed by atoms with Crippen LogP contribution in [0.15, 0.2) is 22.7 Å². The smallest absolute Gasteiger partial charge is 0.284 e.